The number of rotatable bonds is 4. The third-order valence-electron chi connectivity index (χ3n) is 5.10. The second-order valence-corrected chi connectivity index (χ2v) is 7.82. The van der Waals surface area contributed by atoms with Crippen LogP contribution in [-0.4, -0.2) is 18.0 Å². The predicted molar refractivity (Wildman–Crippen MR) is 123 cm³/mol. The summed E-state index contributed by atoms with van der Waals surface area (Å²) in [6, 6.07) is 19.7. The van der Waals surface area contributed by atoms with Gasteiger partial charge in [0.05, 0.1) is 12.2 Å². The lowest BCUT2D eigenvalue weighted by Crippen LogP contribution is -2.44. The van der Waals surface area contributed by atoms with E-state index in [9.17, 15) is 9.59 Å². The van der Waals surface area contributed by atoms with E-state index in [1.165, 1.54) is 0 Å². The van der Waals surface area contributed by atoms with E-state index in [-0.39, 0.29) is 5.91 Å². The molecule has 0 radical (unpaired) electrons. The zero-order valence-corrected chi connectivity index (χ0v) is 17.9. The van der Waals surface area contributed by atoms with Crippen LogP contribution in [-0.2, 0) is 11.3 Å². The van der Waals surface area contributed by atoms with Gasteiger partial charge in [-0.25, -0.2) is 4.79 Å². The van der Waals surface area contributed by atoms with Crippen LogP contribution < -0.4 is 20.3 Å². The van der Waals surface area contributed by atoms with Crippen LogP contribution >= 0.6 is 11.6 Å². The van der Waals surface area contributed by atoms with Crippen molar-refractivity contribution in [3.63, 3.8) is 0 Å². The van der Waals surface area contributed by atoms with E-state index in [2.05, 4.69) is 10.6 Å². The molecule has 7 heteroatoms. The van der Waals surface area contributed by atoms with Crippen molar-refractivity contribution in [3.8, 4) is 5.75 Å². The molecular formula is C24H22ClN3O3. The molecule has 0 bridgehead atoms. The zero-order chi connectivity index (χ0) is 22.0. The summed E-state index contributed by atoms with van der Waals surface area (Å²) in [6.45, 7) is 4.17. The molecule has 0 aromatic heterocycles. The van der Waals surface area contributed by atoms with Gasteiger partial charge in [0, 0.05) is 16.4 Å². The molecule has 3 aromatic carbocycles. The molecular weight excluding hydrogens is 414 g/mol. The maximum atomic E-state index is 12.9. The van der Waals surface area contributed by atoms with Crippen LogP contribution in [0.15, 0.2) is 66.7 Å². The molecule has 0 saturated carbocycles. The fourth-order valence-corrected chi connectivity index (χ4v) is 3.66. The van der Waals surface area contributed by atoms with Crippen molar-refractivity contribution < 1.29 is 14.3 Å². The van der Waals surface area contributed by atoms with Gasteiger partial charge in [0.15, 0.2) is 6.10 Å². The lowest BCUT2D eigenvalue weighted by molar-refractivity contribution is -0.125. The number of urea groups is 1. The normalized spacial score (nSPS) is 15.1. The van der Waals surface area contributed by atoms with Gasteiger partial charge in [-0.2, -0.15) is 0 Å². The highest BCUT2D eigenvalue weighted by molar-refractivity contribution is 6.30. The van der Waals surface area contributed by atoms with E-state index in [1.54, 1.807) is 54.3 Å². The largest absolute Gasteiger partial charge is 0.479 e. The topological polar surface area (TPSA) is 70.7 Å². The maximum absolute atomic E-state index is 12.9. The minimum absolute atomic E-state index is 0.128. The average Bonchev–Trinajstić information content (AvgIpc) is 2.73. The lowest BCUT2D eigenvalue weighted by atomic mass is 10.1. The number of carbonyl (C=O) groups excluding carboxylic acids is 2. The van der Waals surface area contributed by atoms with E-state index in [1.807, 2.05) is 31.2 Å². The van der Waals surface area contributed by atoms with E-state index in [0.717, 1.165) is 11.1 Å². The molecule has 158 valence electrons. The van der Waals surface area contributed by atoms with Gasteiger partial charge in [-0.05, 0) is 61.4 Å². The van der Waals surface area contributed by atoms with Gasteiger partial charge in [-0.15, -0.1) is 0 Å². The average molecular weight is 436 g/mol. The summed E-state index contributed by atoms with van der Waals surface area (Å²) in [5, 5.41) is 6.07. The molecule has 1 atom stereocenters. The number of halogens is 1. The minimum Gasteiger partial charge on any atom is -0.479 e. The highest BCUT2D eigenvalue weighted by atomic mass is 35.5. The maximum Gasteiger partial charge on any atom is 0.323 e. The first-order valence-corrected chi connectivity index (χ1v) is 10.3. The summed E-state index contributed by atoms with van der Waals surface area (Å²) in [5.74, 6) is 0.470. The smallest absolute Gasteiger partial charge is 0.323 e. The van der Waals surface area contributed by atoms with Gasteiger partial charge in [0.25, 0.3) is 5.91 Å². The van der Waals surface area contributed by atoms with Crippen LogP contribution in [0.2, 0.25) is 5.02 Å². The fourth-order valence-electron chi connectivity index (χ4n) is 3.47. The summed E-state index contributed by atoms with van der Waals surface area (Å²) in [4.78, 5) is 27.0. The van der Waals surface area contributed by atoms with Crippen molar-refractivity contribution in [1.29, 1.82) is 0 Å². The molecule has 4 rings (SSSR count). The summed E-state index contributed by atoms with van der Waals surface area (Å²) < 4.78 is 5.78. The van der Waals surface area contributed by atoms with Crippen LogP contribution in [0.25, 0.3) is 0 Å². The first kappa shape index (κ1) is 20.8. The standard InChI is InChI=1S/C24H22ClN3O3/c1-15-6-3-4-7-17(15)14-28-21-13-20(10-11-22(21)31-16(2)23(28)29)27-24(30)26-19-9-5-8-18(25)12-19/h3-13,16H,14H2,1-2H3,(H2,26,27,30). The molecule has 1 heterocycles. The number of carbonyl (C=O) groups is 2. The number of aryl methyl sites for hydroxylation is 1. The van der Waals surface area contributed by atoms with Crippen molar-refractivity contribution in [2.24, 2.45) is 0 Å². The number of amides is 3. The summed E-state index contributed by atoms with van der Waals surface area (Å²) in [5.41, 5.74) is 3.89. The number of anilines is 3. The molecule has 31 heavy (non-hydrogen) atoms. The van der Waals surface area contributed by atoms with E-state index in [4.69, 9.17) is 16.3 Å². The van der Waals surface area contributed by atoms with Gasteiger partial charge in [-0.3, -0.25) is 4.79 Å². The predicted octanol–water partition coefficient (Wildman–Crippen LogP) is 5.61. The number of hydrogen-bond acceptors (Lipinski definition) is 3. The molecule has 2 N–H and O–H groups in total. The Labute approximate surface area is 185 Å². The number of nitrogens with one attached hydrogen (secondary N) is 2. The second-order valence-electron chi connectivity index (χ2n) is 7.38. The number of hydrogen-bond donors (Lipinski definition) is 2. The number of benzene rings is 3. The quantitative estimate of drug-likeness (QED) is 0.559. The molecule has 3 amide bonds. The highest BCUT2D eigenvalue weighted by Crippen LogP contribution is 2.37. The Kier molecular flexibility index (Phi) is 5.82. The van der Waals surface area contributed by atoms with Crippen LogP contribution in [0.1, 0.15) is 18.1 Å². The molecule has 0 saturated heterocycles. The highest BCUT2D eigenvalue weighted by Gasteiger charge is 2.32. The van der Waals surface area contributed by atoms with Crippen molar-refractivity contribution in [2.45, 2.75) is 26.5 Å². The Morgan fingerprint density at radius 2 is 1.77 bits per heavy atom. The van der Waals surface area contributed by atoms with E-state index < -0.39 is 12.1 Å². The SMILES string of the molecule is Cc1ccccc1CN1C(=O)C(C)Oc2ccc(NC(=O)Nc3cccc(Cl)c3)cc21. The Bertz CT molecular complexity index is 1150. The number of fused-ring (bicyclic) bond motifs is 1. The molecule has 0 aliphatic carbocycles. The van der Waals surface area contributed by atoms with Crippen molar-refractivity contribution in [2.75, 3.05) is 15.5 Å². The van der Waals surface area contributed by atoms with Crippen molar-refractivity contribution in [3.05, 3.63) is 82.9 Å². The van der Waals surface area contributed by atoms with Gasteiger partial charge >= 0.3 is 6.03 Å². The zero-order valence-electron chi connectivity index (χ0n) is 17.2. The first-order valence-electron chi connectivity index (χ1n) is 9.91. The summed E-state index contributed by atoms with van der Waals surface area (Å²) in [7, 11) is 0. The monoisotopic (exact) mass is 435 g/mol. The molecule has 0 spiro atoms. The van der Waals surface area contributed by atoms with Crippen LogP contribution in [0.5, 0.6) is 5.75 Å². The van der Waals surface area contributed by atoms with Gasteiger partial charge in [-0.1, -0.05) is 41.9 Å². The molecule has 0 fully saturated rings. The number of nitrogens with zero attached hydrogens (tertiary/aromatic N) is 1. The van der Waals surface area contributed by atoms with Crippen LogP contribution in [0.3, 0.4) is 0 Å². The fraction of sp³-hybridized carbons (Fsp3) is 0.167. The lowest BCUT2D eigenvalue weighted by Gasteiger charge is -2.33. The number of ether oxygens (including phenoxy) is 1. The van der Waals surface area contributed by atoms with Crippen molar-refractivity contribution >= 4 is 40.6 Å². The summed E-state index contributed by atoms with van der Waals surface area (Å²) >= 11 is 5.96. The Balaban J connectivity index is 1.58. The Morgan fingerprint density at radius 3 is 2.52 bits per heavy atom. The van der Waals surface area contributed by atoms with E-state index in [0.29, 0.717) is 34.4 Å². The minimum atomic E-state index is -0.582. The van der Waals surface area contributed by atoms with Crippen molar-refractivity contribution in [1.82, 2.24) is 0 Å². The molecule has 6 nitrogen and oxygen atoms in total. The molecule has 1 aliphatic rings. The van der Waals surface area contributed by atoms with Gasteiger partial charge in [0.2, 0.25) is 0 Å². The molecule has 1 aliphatic heterocycles. The Hall–Kier alpha value is -3.51. The van der Waals surface area contributed by atoms with Gasteiger partial charge in [0.1, 0.15) is 5.75 Å². The first-order chi connectivity index (χ1) is 14.9. The van der Waals surface area contributed by atoms with E-state index >= 15 is 0 Å². The second kappa shape index (κ2) is 8.70. The third-order valence-corrected chi connectivity index (χ3v) is 5.33. The molecule has 3 aromatic rings. The molecule has 1 unspecified atom stereocenters. The Morgan fingerprint density at radius 1 is 1.03 bits per heavy atom. The van der Waals surface area contributed by atoms with Crippen LogP contribution in [0, 0.1) is 6.92 Å². The summed E-state index contributed by atoms with van der Waals surface area (Å²) in [6.07, 6.45) is -0.582. The van der Waals surface area contributed by atoms with Gasteiger partial charge < -0.3 is 20.3 Å². The van der Waals surface area contributed by atoms with Crippen LogP contribution in [0.4, 0.5) is 21.9 Å². The third kappa shape index (κ3) is 4.64.